The van der Waals surface area contributed by atoms with Gasteiger partial charge < -0.3 is 5.11 Å². The van der Waals surface area contributed by atoms with Gasteiger partial charge in [0.25, 0.3) is 0 Å². The Labute approximate surface area is 118 Å². The molecule has 2 aromatic rings. The summed E-state index contributed by atoms with van der Waals surface area (Å²) in [6.07, 6.45) is 1.09. The smallest absolute Gasteiger partial charge is 0.141 e. The van der Waals surface area contributed by atoms with E-state index >= 15 is 0 Å². The predicted molar refractivity (Wildman–Crippen MR) is 71.6 cm³/mol. The van der Waals surface area contributed by atoms with E-state index in [-0.39, 0.29) is 6.42 Å². The highest BCUT2D eigenvalue weighted by atomic mass is 79.9. The highest BCUT2D eigenvalue weighted by Gasteiger charge is 2.26. The van der Waals surface area contributed by atoms with Crippen molar-refractivity contribution < 1.29 is 13.9 Å². The average Bonchev–Trinajstić information content (AvgIpc) is 2.33. The number of nitrogens with zero attached hydrogens (tertiary/aromatic N) is 1. The van der Waals surface area contributed by atoms with Gasteiger partial charge in [-0.15, -0.1) is 0 Å². The fraction of sp³-hybridized carbons (Fsp3) is 0.214. The lowest BCUT2D eigenvalue weighted by molar-refractivity contribution is 0.0520. The number of benzene rings is 1. The van der Waals surface area contributed by atoms with Crippen molar-refractivity contribution in [2.75, 3.05) is 0 Å². The minimum Gasteiger partial charge on any atom is -0.383 e. The molecule has 5 heteroatoms. The fourth-order valence-corrected chi connectivity index (χ4v) is 2.15. The Bertz CT molecular complexity index is 584. The van der Waals surface area contributed by atoms with Crippen LogP contribution in [0.1, 0.15) is 18.2 Å². The van der Waals surface area contributed by atoms with Crippen LogP contribution in [-0.4, -0.2) is 10.1 Å². The molecule has 1 N–H and O–H groups in total. The summed E-state index contributed by atoms with van der Waals surface area (Å²) < 4.78 is 27.2. The van der Waals surface area contributed by atoms with Gasteiger partial charge in [-0.1, -0.05) is 22.0 Å². The van der Waals surface area contributed by atoms with Gasteiger partial charge in [-0.2, -0.15) is 0 Å². The van der Waals surface area contributed by atoms with Gasteiger partial charge in [-0.05, 0) is 36.8 Å². The van der Waals surface area contributed by atoms with Crippen LogP contribution in [0.2, 0.25) is 0 Å². The van der Waals surface area contributed by atoms with Gasteiger partial charge in [-0.3, -0.25) is 4.98 Å². The molecule has 0 saturated heterocycles. The van der Waals surface area contributed by atoms with Crippen LogP contribution >= 0.6 is 15.9 Å². The zero-order valence-electron chi connectivity index (χ0n) is 10.2. The zero-order chi connectivity index (χ0) is 14.0. The third kappa shape index (κ3) is 3.36. The summed E-state index contributed by atoms with van der Waals surface area (Å²) in [5.41, 5.74) is -0.682. The Hall–Kier alpha value is -1.33. The van der Waals surface area contributed by atoms with Crippen LogP contribution in [0.4, 0.5) is 8.78 Å². The van der Waals surface area contributed by atoms with E-state index in [4.69, 9.17) is 0 Å². The summed E-state index contributed by atoms with van der Waals surface area (Å²) in [4.78, 5) is 3.84. The second-order valence-corrected chi connectivity index (χ2v) is 5.46. The molecule has 0 aliphatic carbocycles. The third-order valence-electron chi connectivity index (χ3n) is 2.83. The minimum atomic E-state index is -1.36. The first-order chi connectivity index (χ1) is 8.88. The first-order valence-electron chi connectivity index (χ1n) is 5.67. The van der Waals surface area contributed by atoms with Gasteiger partial charge in [0.2, 0.25) is 0 Å². The molecule has 2 nitrogen and oxygen atoms in total. The number of hydrogen-bond donors (Lipinski definition) is 1. The predicted octanol–water partition coefficient (Wildman–Crippen LogP) is 3.57. The van der Waals surface area contributed by atoms with Crippen molar-refractivity contribution in [3.8, 4) is 0 Å². The normalized spacial score (nSPS) is 14.2. The van der Waals surface area contributed by atoms with Crippen LogP contribution in [0.3, 0.4) is 0 Å². The molecule has 1 unspecified atom stereocenters. The molecule has 0 aliphatic heterocycles. The lowest BCUT2D eigenvalue weighted by Crippen LogP contribution is -2.26. The van der Waals surface area contributed by atoms with Gasteiger partial charge in [0.05, 0.1) is 11.9 Å². The maximum Gasteiger partial charge on any atom is 0.141 e. The second-order valence-electron chi connectivity index (χ2n) is 4.55. The molecule has 0 saturated carbocycles. The molecule has 0 bridgehead atoms. The third-order valence-corrected chi connectivity index (χ3v) is 3.32. The summed E-state index contributed by atoms with van der Waals surface area (Å²) >= 11 is 3.17. The number of halogens is 3. The van der Waals surface area contributed by atoms with Gasteiger partial charge in [0, 0.05) is 10.9 Å². The molecule has 0 spiro atoms. The molecule has 1 atom stereocenters. The highest BCUT2D eigenvalue weighted by molar-refractivity contribution is 9.10. The Morgan fingerprint density at radius 3 is 2.58 bits per heavy atom. The lowest BCUT2D eigenvalue weighted by Gasteiger charge is -2.23. The van der Waals surface area contributed by atoms with E-state index < -0.39 is 17.2 Å². The van der Waals surface area contributed by atoms with Crippen molar-refractivity contribution in [3.05, 3.63) is 63.9 Å². The van der Waals surface area contributed by atoms with Gasteiger partial charge in [0.1, 0.15) is 17.2 Å². The number of aromatic nitrogens is 1. The zero-order valence-corrected chi connectivity index (χ0v) is 11.8. The Kier molecular flexibility index (Phi) is 3.96. The van der Waals surface area contributed by atoms with E-state index in [0.29, 0.717) is 15.7 Å². The number of aliphatic hydroxyl groups is 1. The largest absolute Gasteiger partial charge is 0.383 e. The maximum absolute atomic E-state index is 13.7. The summed E-state index contributed by atoms with van der Waals surface area (Å²) in [6.45, 7) is 1.52. The standard InChI is InChI=1S/C14H12BrF2NO/c1-14(19,13-5-4-11(16)8-18-13)7-9-2-3-10(15)6-12(9)17/h2-6,8,19H,7H2,1H3. The second kappa shape index (κ2) is 5.35. The molecular weight excluding hydrogens is 316 g/mol. The van der Waals surface area contributed by atoms with Crippen LogP contribution in [-0.2, 0) is 12.0 Å². The van der Waals surface area contributed by atoms with E-state index in [9.17, 15) is 13.9 Å². The van der Waals surface area contributed by atoms with Gasteiger partial charge in [0.15, 0.2) is 0 Å². The molecule has 0 aliphatic rings. The number of hydrogen-bond acceptors (Lipinski definition) is 2. The number of rotatable bonds is 3. The van der Waals surface area contributed by atoms with Crippen molar-refractivity contribution in [1.29, 1.82) is 0 Å². The molecule has 1 heterocycles. The summed E-state index contributed by atoms with van der Waals surface area (Å²) in [6, 6.07) is 7.24. The van der Waals surface area contributed by atoms with Crippen molar-refractivity contribution in [3.63, 3.8) is 0 Å². The highest BCUT2D eigenvalue weighted by Crippen LogP contribution is 2.26. The summed E-state index contributed by atoms with van der Waals surface area (Å²) in [7, 11) is 0. The molecule has 0 fully saturated rings. The lowest BCUT2D eigenvalue weighted by atomic mass is 9.92. The molecule has 0 radical (unpaired) electrons. The van der Waals surface area contributed by atoms with Crippen LogP contribution in [0.25, 0.3) is 0 Å². The van der Waals surface area contributed by atoms with Crippen LogP contribution in [0.15, 0.2) is 41.0 Å². The summed E-state index contributed by atoms with van der Waals surface area (Å²) in [5, 5.41) is 10.4. The van der Waals surface area contributed by atoms with Crippen molar-refractivity contribution in [2.45, 2.75) is 18.9 Å². The SMILES string of the molecule is CC(O)(Cc1ccc(Br)cc1F)c1ccc(F)cn1. The van der Waals surface area contributed by atoms with Gasteiger partial charge >= 0.3 is 0 Å². The molecule has 1 aromatic heterocycles. The molecule has 2 rings (SSSR count). The molecule has 19 heavy (non-hydrogen) atoms. The minimum absolute atomic E-state index is 0.0603. The topological polar surface area (TPSA) is 33.1 Å². The van der Waals surface area contributed by atoms with E-state index in [1.54, 1.807) is 12.1 Å². The first kappa shape index (κ1) is 14.1. The van der Waals surface area contributed by atoms with E-state index in [2.05, 4.69) is 20.9 Å². The first-order valence-corrected chi connectivity index (χ1v) is 6.46. The van der Waals surface area contributed by atoms with Crippen LogP contribution < -0.4 is 0 Å². The Morgan fingerprint density at radius 1 is 1.26 bits per heavy atom. The van der Waals surface area contributed by atoms with E-state index in [0.717, 1.165) is 6.20 Å². The maximum atomic E-state index is 13.7. The number of pyridine rings is 1. The van der Waals surface area contributed by atoms with Crippen molar-refractivity contribution in [2.24, 2.45) is 0 Å². The molecule has 100 valence electrons. The fourth-order valence-electron chi connectivity index (χ4n) is 1.82. The Balaban J connectivity index is 2.27. The van der Waals surface area contributed by atoms with Crippen LogP contribution in [0.5, 0.6) is 0 Å². The molecular formula is C14H12BrF2NO. The molecule has 0 amide bonds. The Morgan fingerprint density at radius 2 is 2.00 bits per heavy atom. The van der Waals surface area contributed by atoms with Crippen molar-refractivity contribution >= 4 is 15.9 Å². The molecule has 1 aromatic carbocycles. The van der Waals surface area contributed by atoms with Crippen molar-refractivity contribution in [1.82, 2.24) is 4.98 Å². The van der Waals surface area contributed by atoms with E-state index in [1.165, 1.54) is 25.1 Å². The van der Waals surface area contributed by atoms with E-state index in [1.807, 2.05) is 0 Å². The monoisotopic (exact) mass is 327 g/mol. The van der Waals surface area contributed by atoms with Gasteiger partial charge in [-0.25, -0.2) is 8.78 Å². The summed E-state index contributed by atoms with van der Waals surface area (Å²) in [5.74, 6) is -0.883. The van der Waals surface area contributed by atoms with Crippen LogP contribution in [0, 0.1) is 11.6 Å². The quantitative estimate of drug-likeness (QED) is 0.934. The average molecular weight is 328 g/mol.